The van der Waals surface area contributed by atoms with Crippen LogP contribution in [0, 0.1) is 5.82 Å². The van der Waals surface area contributed by atoms with E-state index in [1.54, 1.807) is 36.4 Å². The number of anilines is 1. The largest absolute Gasteiger partial charge is 0.352 e. The van der Waals surface area contributed by atoms with E-state index in [0.29, 0.717) is 10.5 Å². The maximum Gasteiger partial charge on any atom is 0.331 e. The highest BCUT2D eigenvalue weighted by Crippen LogP contribution is 2.14. The average molecular weight is 523 g/mol. The fourth-order valence-electron chi connectivity index (χ4n) is 3.95. The second-order valence-electron chi connectivity index (χ2n) is 8.37. The van der Waals surface area contributed by atoms with Gasteiger partial charge in [-0.25, -0.2) is 9.18 Å². The first-order chi connectivity index (χ1) is 17.8. The Morgan fingerprint density at radius 1 is 0.892 bits per heavy atom. The van der Waals surface area contributed by atoms with Crippen molar-refractivity contribution in [3.05, 3.63) is 110 Å². The molecule has 0 unspecified atom stereocenters. The molecule has 0 radical (unpaired) electrons. The molecule has 4 aromatic rings. The van der Waals surface area contributed by atoms with Gasteiger partial charge in [-0.2, -0.15) is 0 Å². The maximum atomic E-state index is 13.5. The summed E-state index contributed by atoms with van der Waals surface area (Å²) in [4.78, 5) is 51.2. The number of benzene rings is 3. The molecule has 0 atom stereocenters. The van der Waals surface area contributed by atoms with E-state index < -0.39 is 23.0 Å². The van der Waals surface area contributed by atoms with Gasteiger partial charge >= 0.3 is 5.69 Å². The number of rotatable bonds is 9. The Morgan fingerprint density at radius 3 is 2.43 bits per heavy atom. The molecule has 1 aromatic heterocycles. The Balaban J connectivity index is 1.48. The molecule has 0 spiro atoms. The van der Waals surface area contributed by atoms with E-state index in [0.717, 1.165) is 16.2 Å². The second-order valence-corrected chi connectivity index (χ2v) is 8.78. The van der Waals surface area contributed by atoms with E-state index in [9.17, 15) is 23.6 Å². The Labute approximate surface area is 216 Å². The molecule has 8 nitrogen and oxygen atoms in total. The summed E-state index contributed by atoms with van der Waals surface area (Å²) in [5.74, 6) is -1.31. The minimum absolute atomic E-state index is 0.00642. The van der Waals surface area contributed by atoms with Crippen molar-refractivity contribution in [2.24, 2.45) is 0 Å². The zero-order chi connectivity index (χ0) is 26.4. The van der Waals surface area contributed by atoms with Crippen molar-refractivity contribution in [3.8, 4) is 0 Å². The minimum atomic E-state index is -0.672. The molecule has 37 heavy (non-hydrogen) atoms. The molecule has 1 heterocycles. The van der Waals surface area contributed by atoms with Crippen molar-refractivity contribution in [1.82, 2.24) is 14.5 Å². The second kappa shape index (κ2) is 11.7. The van der Waals surface area contributed by atoms with Crippen molar-refractivity contribution in [3.63, 3.8) is 0 Å². The lowest BCUT2D eigenvalue weighted by atomic mass is 10.2. The van der Waals surface area contributed by atoms with E-state index in [-0.39, 0.29) is 49.5 Å². The number of hydrogen-bond acceptors (Lipinski definition) is 4. The molecule has 10 heteroatoms. The number of carbonyl (C=O) groups excluding carboxylic acids is 2. The van der Waals surface area contributed by atoms with Crippen molar-refractivity contribution in [2.45, 2.75) is 32.5 Å². The van der Waals surface area contributed by atoms with Gasteiger partial charge in [-0.3, -0.25) is 23.5 Å². The smallest absolute Gasteiger partial charge is 0.331 e. The van der Waals surface area contributed by atoms with Gasteiger partial charge in [0, 0.05) is 30.2 Å². The van der Waals surface area contributed by atoms with Crippen LogP contribution in [0.25, 0.3) is 10.9 Å². The number of nitrogens with zero attached hydrogens (tertiary/aromatic N) is 2. The van der Waals surface area contributed by atoms with Crippen molar-refractivity contribution in [2.75, 3.05) is 5.32 Å². The van der Waals surface area contributed by atoms with Crippen LogP contribution in [0.2, 0.25) is 5.02 Å². The first kappa shape index (κ1) is 25.8. The summed E-state index contributed by atoms with van der Waals surface area (Å²) in [7, 11) is 0. The lowest BCUT2D eigenvalue weighted by Gasteiger charge is -2.14. The first-order valence-electron chi connectivity index (χ1n) is 11.6. The van der Waals surface area contributed by atoms with E-state index in [4.69, 9.17) is 11.6 Å². The van der Waals surface area contributed by atoms with Crippen LogP contribution < -0.4 is 21.9 Å². The van der Waals surface area contributed by atoms with Gasteiger partial charge in [0.1, 0.15) is 12.4 Å². The molecular weight excluding hydrogens is 499 g/mol. The van der Waals surface area contributed by atoms with E-state index >= 15 is 0 Å². The molecule has 2 N–H and O–H groups in total. The fourth-order valence-corrected chi connectivity index (χ4v) is 4.16. The number of aromatic nitrogens is 2. The maximum absolute atomic E-state index is 13.5. The van der Waals surface area contributed by atoms with Gasteiger partial charge in [-0.05, 0) is 48.4 Å². The number of halogens is 2. The summed E-state index contributed by atoms with van der Waals surface area (Å²) >= 11 is 6.11. The third-order valence-electron chi connectivity index (χ3n) is 5.76. The van der Waals surface area contributed by atoms with Crippen LogP contribution in [0.1, 0.15) is 18.4 Å². The molecule has 4 rings (SSSR count). The average Bonchev–Trinajstić information content (AvgIpc) is 2.88. The molecule has 0 aliphatic heterocycles. The number of nitrogens with one attached hydrogen (secondary N) is 2. The van der Waals surface area contributed by atoms with Crippen LogP contribution >= 0.6 is 11.6 Å². The van der Waals surface area contributed by atoms with E-state index in [2.05, 4.69) is 10.6 Å². The molecule has 2 amide bonds. The highest BCUT2D eigenvalue weighted by Gasteiger charge is 2.16. The zero-order valence-electron chi connectivity index (χ0n) is 19.7. The molecule has 0 saturated heterocycles. The molecule has 0 aliphatic rings. The van der Waals surface area contributed by atoms with Gasteiger partial charge < -0.3 is 10.6 Å². The van der Waals surface area contributed by atoms with Crippen molar-refractivity contribution in [1.29, 1.82) is 0 Å². The summed E-state index contributed by atoms with van der Waals surface area (Å²) in [5, 5.41) is 6.15. The summed E-state index contributed by atoms with van der Waals surface area (Å²) in [6.45, 7) is -0.121. The number of amides is 2. The normalized spacial score (nSPS) is 10.9. The molecule has 190 valence electrons. The van der Waals surface area contributed by atoms with E-state index in [1.807, 2.05) is 12.1 Å². The molecule has 0 aliphatic carbocycles. The molecule has 0 bridgehead atoms. The van der Waals surface area contributed by atoms with Crippen LogP contribution in [0.3, 0.4) is 0 Å². The molecule has 0 fully saturated rings. The summed E-state index contributed by atoms with van der Waals surface area (Å²) in [5.41, 5.74) is 0.162. The molecule has 3 aromatic carbocycles. The topological polar surface area (TPSA) is 102 Å². The SMILES string of the molecule is O=C(CCCn1c(=O)c2ccccc2n(CC(=O)Nc2cccc(F)c2)c1=O)NCc1ccccc1Cl. The standard InChI is InChI=1S/C27H24ClFN4O4/c28-22-11-3-1-7-18(22)16-30-24(34)13-6-14-32-26(36)21-10-2-4-12-23(21)33(27(32)37)17-25(35)31-20-9-5-8-19(29)15-20/h1-5,7-12,15H,6,13-14,16-17H2,(H,30,34)(H,31,35). The van der Waals surface area contributed by atoms with Crippen LogP contribution in [0.4, 0.5) is 10.1 Å². The third kappa shape index (κ3) is 6.31. The fraction of sp³-hybridized carbons (Fsp3) is 0.185. The Bertz CT molecular complexity index is 1580. The molecular formula is C27H24ClFN4O4. The Kier molecular flexibility index (Phi) is 8.15. The lowest BCUT2D eigenvalue weighted by Crippen LogP contribution is -2.42. The highest BCUT2D eigenvalue weighted by molar-refractivity contribution is 6.31. The predicted molar refractivity (Wildman–Crippen MR) is 140 cm³/mol. The quantitative estimate of drug-likeness (QED) is 0.350. The lowest BCUT2D eigenvalue weighted by molar-refractivity contribution is -0.121. The first-order valence-corrected chi connectivity index (χ1v) is 12.0. The summed E-state index contributed by atoms with van der Waals surface area (Å²) in [6, 6.07) is 19.0. The van der Waals surface area contributed by atoms with Gasteiger partial charge in [-0.15, -0.1) is 0 Å². The van der Waals surface area contributed by atoms with Gasteiger partial charge in [0.25, 0.3) is 5.56 Å². The van der Waals surface area contributed by atoms with Crippen molar-refractivity contribution >= 4 is 40.0 Å². The summed E-state index contributed by atoms with van der Waals surface area (Å²) in [6.07, 6.45) is 0.320. The van der Waals surface area contributed by atoms with Crippen molar-refractivity contribution < 1.29 is 14.0 Å². The van der Waals surface area contributed by atoms with Crippen LogP contribution in [-0.4, -0.2) is 20.9 Å². The zero-order valence-corrected chi connectivity index (χ0v) is 20.5. The van der Waals surface area contributed by atoms with Gasteiger partial charge in [0.05, 0.1) is 10.9 Å². The number of fused-ring (bicyclic) bond motifs is 1. The van der Waals surface area contributed by atoms with E-state index in [1.165, 1.54) is 22.8 Å². The van der Waals surface area contributed by atoms with Crippen LogP contribution in [0.5, 0.6) is 0 Å². The Morgan fingerprint density at radius 2 is 1.65 bits per heavy atom. The number of hydrogen-bond donors (Lipinski definition) is 2. The number of carbonyl (C=O) groups is 2. The van der Waals surface area contributed by atoms with Gasteiger partial charge in [-0.1, -0.05) is 48.0 Å². The summed E-state index contributed by atoms with van der Waals surface area (Å²) < 4.78 is 15.7. The van der Waals surface area contributed by atoms with Crippen LogP contribution in [0.15, 0.2) is 82.4 Å². The van der Waals surface area contributed by atoms with Gasteiger partial charge in [0.15, 0.2) is 0 Å². The van der Waals surface area contributed by atoms with Crippen LogP contribution in [-0.2, 0) is 29.2 Å². The Hall–Kier alpha value is -4.24. The number of para-hydroxylation sites is 1. The monoisotopic (exact) mass is 522 g/mol. The molecule has 0 saturated carbocycles. The minimum Gasteiger partial charge on any atom is -0.352 e. The van der Waals surface area contributed by atoms with Gasteiger partial charge in [0.2, 0.25) is 11.8 Å². The highest BCUT2D eigenvalue weighted by atomic mass is 35.5. The third-order valence-corrected chi connectivity index (χ3v) is 6.13. The predicted octanol–water partition coefficient (Wildman–Crippen LogP) is 3.69.